The molecule has 1 amide bonds. The summed E-state index contributed by atoms with van der Waals surface area (Å²) in [5.41, 5.74) is 1.25. The van der Waals surface area contributed by atoms with E-state index in [1.54, 1.807) is 50.2 Å². The number of carboxylic acid groups (broad SMARTS) is 1. The predicted octanol–water partition coefficient (Wildman–Crippen LogP) is 3.46. The van der Waals surface area contributed by atoms with Gasteiger partial charge in [-0.15, -0.1) is 0 Å². The lowest BCUT2D eigenvalue weighted by Crippen LogP contribution is -2.32. The van der Waals surface area contributed by atoms with Crippen LogP contribution in [0.15, 0.2) is 48.5 Å². The van der Waals surface area contributed by atoms with Gasteiger partial charge < -0.3 is 10.4 Å². The average molecular weight is 353 g/mol. The van der Waals surface area contributed by atoms with Gasteiger partial charge in [0.25, 0.3) is 5.91 Å². The van der Waals surface area contributed by atoms with Crippen molar-refractivity contribution in [2.45, 2.75) is 27.2 Å². The highest BCUT2D eigenvalue weighted by Crippen LogP contribution is 2.20. The highest BCUT2D eigenvalue weighted by atomic mass is 16.4. The number of aliphatic carboxylic acids is 1. The molecule has 0 aliphatic carbocycles. The summed E-state index contributed by atoms with van der Waals surface area (Å²) in [5, 5.41) is 11.8. The first-order chi connectivity index (χ1) is 12.2. The molecule has 2 aromatic rings. The number of rotatable bonds is 7. The van der Waals surface area contributed by atoms with Crippen molar-refractivity contribution in [2.24, 2.45) is 5.41 Å². The molecular weight excluding hydrogens is 330 g/mol. The molecule has 5 nitrogen and oxygen atoms in total. The van der Waals surface area contributed by atoms with Crippen molar-refractivity contribution in [1.82, 2.24) is 5.32 Å². The number of benzene rings is 2. The Balaban J connectivity index is 2.15. The third kappa shape index (κ3) is 4.57. The lowest BCUT2D eigenvalue weighted by molar-refractivity contribution is -0.147. The number of carbonyl (C=O) groups is 3. The van der Waals surface area contributed by atoms with Crippen LogP contribution in [-0.4, -0.2) is 29.3 Å². The van der Waals surface area contributed by atoms with Gasteiger partial charge in [0.05, 0.1) is 11.0 Å². The monoisotopic (exact) mass is 353 g/mol. The molecule has 5 heteroatoms. The molecule has 0 spiro atoms. The van der Waals surface area contributed by atoms with Gasteiger partial charge in [0.15, 0.2) is 5.78 Å². The van der Waals surface area contributed by atoms with Crippen LogP contribution in [0.1, 0.15) is 52.1 Å². The molecule has 0 aliphatic heterocycles. The number of amides is 1. The second-order valence-corrected chi connectivity index (χ2v) is 6.94. The quantitative estimate of drug-likeness (QED) is 0.747. The molecule has 0 fully saturated rings. The summed E-state index contributed by atoms with van der Waals surface area (Å²) in [4.78, 5) is 36.4. The van der Waals surface area contributed by atoms with Gasteiger partial charge in [-0.1, -0.05) is 48.0 Å². The first-order valence-corrected chi connectivity index (χ1v) is 8.44. The number of aryl methyl sites for hydroxylation is 1. The molecule has 2 aromatic carbocycles. The van der Waals surface area contributed by atoms with Crippen molar-refractivity contribution in [3.8, 4) is 0 Å². The van der Waals surface area contributed by atoms with Crippen LogP contribution in [0.3, 0.4) is 0 Å². The fourth-order valence-corrected chi connectivity index (χ4v) is 2.43. The van der Waals surface area contributed by atoms with E-state index < -0.39 is 11.4 Å². The van der Waals surface area contributed by atoms with Crippen LogP contribution in [-0.2, 0) is 4.79 Å². The molecule has 2 rings (SSSR count). The summed E-state index contributed by atoms with van der Waals surface area (Å²) in [5.74, 6) is -1.52. The summed E-state index contributed by atoms with van der Waals surface area (Å²) < 4.78 is 0. The Kier molecular flexibility index (Phi) is 5.93. The van der Waals surface area contributed by atoms with E-state index in [-0.39, 0.29) is 23.8 Å². The highest BCUT2D eigenvalue weighted by Gasteiger charge is 2.27. The van der Waals surface area contributed by atoms with Gasteiger partial charge in [-0.2, -0.15) is 0 Å². The molecule has 2 N–H and O–H groups in total. The lowest BCUT2D eigenvalue weighted by atomic mass is 9.89. The molecule has 136 valence electrons. The number of hydrogen-bond donors (Lipinski definition) is 2. The van der Waals surface area contributed by atoms with E-state index in [9.17, 15) is 14.4 Å². The van der Waals surface area contributed by atoms with Crippen LogP contribution in [0, 0.1) is 12.3 Å². The van der Waals surface area contributed by atoms with Crippen molar-refractivity contribution < 1.29 is 19.5 Å². The zero-order valence-electron chi connectivity index (χ0n) is 15.2. The molecule has 0 radical (unpaired) electrons. The van der Waals surface area contributed by atoms with Crippen molar-refractivity contribution in [2.75, 3.05) is 6.54 Å². The van der Waals surface area contributed by atoms with Crippen molar-refractivity contribution >= 4 is 17.7 Å². The van der Waals surface area contributed by atoms with E-state index in [4.69, 9.17) is 5.11 Å². The Bertz CT molecular complexity index is 822. The molecule has 0 bridgehead atoms. The van der Waals surface area contributed by atoms with Crippen LogP contribution in [0.2, 0.25) is 0 Å². The van der Waals surface area contributed by atoms with E-state index in [1.807, 2.05) is 19.1 Å². The van der Waals surface area contributed by atoms with E-state index in [0.717, 1.165) is 5.56 Å². The molecule has 0 aliphatic rings. The summed E-state index contributed by atoms with van der Waals surface area (Å²) in [6, 6.07) is 13.8. The van der Waals surface area contributed by atoms with Crippen molar-refractivity contribution in [1.29, 1.82) is 0 Å². The Hall–Kier alpha value is -2.95. The Morgan fingerprint density at radius 2 is 1.54 bits per heavy atom. The second-order valence-electron chi connectivity index (χ2n) is 6.94. The SMILES string of the molecule is Cc1ccc(C(=O)c2ccccc2C(=O)NCCC(C)(C)C(=O)O)cc1. The van der Waals surface area contributed by atoms with Gasteiger partial charge in [-0.05, 0) is 33.3 Å². The van der Waals surface area contributed by atoms with E-state index in [0.29, 0.717) is 17.5 Å². The maximum Gasteiger partial charge on any atom is 0.309 e. The summed E-state index contributed by atoms with van der Waals surface area (Å²) in [6.07, 6.45) is 0.294. The van der Waals surface area contributed by atoms with Gasteiger partial charge in [0.1, 0.15) is 0 Å². The third-order valence-corrected chi connectivity index (χ3v) is 4.34. The first-order valence-electron chi connectivity index (χ1n) is 8.44. The van der Waals surface area contributed by atoms with Crippen molar-refractivity contribution in [3.05, 3.63) is 70.8 Å². The fourth-order valence-electron chi connectivity index (χ4n) is 2.43. The average Bonchev–Trinajstić information content (AvgIpc) is 2.61. The minimum atomic E-state index is -0.926. The Morgan fingerprint density at radius 1 is 0.962 bits per heavy atom. The predicted molar refractivity (Wildman–Crippen MR) is 99.4 cm³/mol. The van der Waals surface area contributed by atoms with E-state index in [1.165, 1.54) is 0 Å². The normalized spacial score (nSPS) is 11.0. The zero-order chi connectivity index (χ0) is 19.3. The molecular formula is C21H23NO4. The van der Waals surface area contributed by atoms with Gasteiger partial charge in [-0.3, -0.25) is 14.4 Å². The molecule has 0 unspecified atom stereocenters. The van der Waals surface area contributed by atoms with Crippen LogP contribution in [0.5, 0.6) is 0 Å². The molecule has 0 heterocycles. The number of ketones is 1. The van der Waals surface area contributed by atoms with Crippen LogP contribution >= 0.6 is 0 Å². The van der Waals surface area contributed by atoms with Gasteiger partial charge in [-0.25, -0.2) is 0 Å². The van der Waals surface area contributed by atoms with Crippen LogP contribution < -0.4 is 5.32 Å². The Morgan fingerprint density at radius 3 is 2.12 bits per heavy atom. The largest absolute Gasteiger partial charge is 0.481 e. The summed E-state index contributed by atoms with van der Waals surface area (Å²) in [7, 11) is 0. The molecule has 26 heavy (non-hydrogen) atoms. The maximum atomic E-state index is 12.7. The zero-order valence-corrected chi connectivity index (χ0v) is 15.2. The number of carboxylic acids is 1. The molecule has 0 atom stereocenters. The van der Waals surface area contributed by atoms with Crippen molar-refractivity contribution in [3.63, 3.8) is 0 Å². The summed E-state index contributed by atoms with van der Waals surface area (Å²) >= 11 is 0. The topological polar surface area (TPSA) is 83.5 Å². The first kappa shape index (κ1) is 19.4. The standard InChI is InChI=1S/C21H23NO4/c1-14-8-10-15(11-9-14)18(23)16-6-4-5-7-17(16)19(24)22-13-12-21(2,3)20(25)26/h4-11H,12-13H2,1-3H3,(H,22,24)(H,25,26). The third-order valence-electron chi connectivity index (χ3n) is 4.34. The smallest absolute Gasteiger partial charge is 0.309 e. The molecule has 0 saturated carbocycles. The highest BCUT2D eigenvalue weighted by molar-refractivity contribution is 6.15. The second kappa shape index (κ2) is 7.95. The van der Waals surface area contributed by atoms with Gasteiger partial charge in [0, 0.05) is 17.7 Å². The number of hydrogen-bond acceptors (Lipinski definition) is 3. The fraction of sp³-hybridized carbons (Fsp3) is 0.286. The minimum Gasteiger partial charge on any atom is -0.481 e. The lowest BCUT2D eigenvalue weighted by Gasteiger charge is -2.19. The van der Waals surface area contributed by atoms with Crippen LogP contribution in [0.4, 0.5) is 0 Å². The van der Waals surface area contributed by atoms with Gasteiger partial charge in [0.2, 0.25) is 0 Å². The van der Waals surface area contributed by atoms with Crippen LogP contribution in [0.25, 0.3) is 0 Å². The Labute approximate surface area is 153 Å². The summed E-state index contributed by atoms with van der Waals surface area (Å²) in [6.45, 7) is 5.37. The van der Waals surface area contributed by atoms with E-state index >= 15 is 0 Å². The van der Waals surface area contributed by atoms with Gasteiger partial charge >= 0.3 is 5.97 Å². The van der Waals surface area contributed by atoms with E-state index in [2.05, 4.69) is 5.32 Å². The number of nitrogens with one attached hydrogen (secondary N) is 1. The minimum absolute atomic E-state index is 0.213. The molecule has 0 aromatic heterocycles. The number of carbonyl (C=O) groups excluding carboxylic acids is 2. The maximum absolute atomic E-state index is 12.7. The molecule has 0 saturated heterocycles.